The summed E-state index contributed by atoms with van der Waals surface area (Å²) in [5.41, 5.74) is 3.24. The monoisotopic (exact) mass is 337 g/mol. The molecule has 2 heterocycles. The molecule has 2 nitrogen and oxygen atoms in total. The van der Waals surface area contributed by atoms with Gasteiger partial charge in [0.15, 0.2) is 0 Å². The van der Waals surface area contributed by atoms with Gasteiger partial charge in [0.2, 0.25) is 0 Å². The van der Waals surface area contributed by atoms with Crippen molar-refractivity contribution in [2.45, 2.75) is 44.8 Å². The standard InChI is InChI=1S/C22H24FNO/c1-2-25-20-10-11-21(22(23)14-20)17-12-18-8-9-19(13-17)24(18)15-16-6-4-3-5-7-16/h3-7,10-12,14,18-19H,2,8-9,13,15H2,1H3. The SMILES string of the molecule is CCOc1ccc(C2=CC3CCC(C2)N3Cc2ccccc2)c(F)c1. The maximum Gasteiger partial charge on any atom is 0.134 e. The number of nitrogens with zero attached hydrogens (tertiary/aromatic N) is 1. The first-order valence-electron chi connectivity index (χ1n) is 9.17. The van der Waals surface area contributed by atoms with Crippen LogP contribution in [0.5, 0.6) is 5.75 Å². The van der Waals surface area contributed by atoms with Gasteiger partial charge in [0.1, 0.15) is 11.6 Å². The Morgan fingerprint density at radius 2 is 1.96 bits per heavy atom. The minimum Gasteiger partial charge on any atom is -0.494 e. The second kappa shape index (κ2) is 7.01. The van der Waals surface area contributed by atoms with Crippen LogP contribution in [0.25, 0.3) is 5.57 Å². The van der Waals surface area contributed by atoms with Crippen LogP contribution in [0.4, 0.5) is 4.39 Å². The van der Waals surface area contributed by atoms with Gasteiger partial charge in [0.05, 0.1) is 6.61 Å². The molecular formula is C22H24FNO. The summed E-state index contributed by atoms with van der Waals surface area (Å²) >= 11 is 0. The largest absolute Gasteiger partial charge is 0.494 e. The Kier molecular flexibility index (Phi) is 4.58. The summed E-state index contributed by atoms with van der Waals surface area (Å²) in [5.74, 6) is 0.432. The number of hydrogen-bond acceptors (Lipinski definition) is 2. The van der Waals surface area contributed by atoms with E-state index in [9.17, 15) is 4.39 Å². The van der Waals surface area contributed by atoms with E-state index in [2.05, 4.69) is 41.3 Å². The van der Waals surface area contributed by atoms with Crippen LogP contribution in [0.15, 0.2) is 54.6 Å². The first-order valence-corrected chi connectivity index (χ1v) is 9.17. The highest BCUT2D eigenvalue weighted by Crippen LogP contribution is 2.40. The predicted octanol–water partition coefficient (Wildman–Crippen LogP) is 5.04. The summed E-state index contributed by atoms with van der Waals surface area (Å²) < 4.78 is 19.9. The maximum atomic E-state index is 14.5. The minimum absolute atomic E-state index is 0.173. The Balaban J connectivity index is 1.55. The molecule has 4 rings (SSSR count). The van der Waals surface area contributed by atoms with Crippen LogP contribution in [-0.4, -0.2) is 23.6 Å². The third-order valence-electron chi connectivity index (χ3n) is 5.35. The predicted molar refractivity (Wildman–Crippen MR) is 99.0 cm³/mol. The molecule has 2 aromatic carbocycles. The van der Waals surface area contributed by atoms with Gasteiger partial charge in [-0.15, -0.1) is 0 Å². The third-order valence-corrected chi connectivity index (χ3v) is 5.35. The summed E-state index contributed by atoms with van der Waals surface area (Å²) in [6.07, 6.45) is 5.56. The van der Waals surface area contributed by atoms with Crippen LogP contribution in [-0.2, 0) is 6.54 Å². The molecule has 2 aliphatic rings. The van der Waals surface area contributed by atoms with Gasteiger partial charge in [-0.2, -0.15) is 0 Å². The zero-order valence-electron chi connectivity index (χ0n) is 14.6. The minimum atomic E-state index is -0.173. The second-order valence-corrected chi connectivity index (χ2v) is 6.93. The lowest BCUT2D eigenvalue weighted by Gasteiger charge is -2.34. The van der Waals surface area contributed by atoms with E-state index >= 15 is 0 Å². The molecule has 0 aliphatic carbocycles. The van der Waals surface area contributed by atoms with E-state index in [-0.39, 0.29) is 5.82 Å². The van der Waals surface area contributed by atoms with Gasteiger partial charge in [0, 0.05) is 30.3 Å². The normalized spacial score (nSPS) is 22.7. The molecule has 0 radical (unpaired) electrons. The lowest BCUT2D eigenvalue weighted by Crippen LogP contribution is -2.37. The quantitative estimate of drug-likeness (QED) is 0.757. The van der Waals surface area contributed by atoms with Crippen molar-refractivity contribution in [1.29, 1.82) is 0 Å². The van der Waals surface area contributed by atoms with Gasteiger partial charge >= 0.3 is 0 Å². The van der Waals surface area contributed by atoms with E-state index in [0.29, 0.717) is 24.4 Å². The molecule has 2 aromatic rings. The van der Waals surface area contributed by atoms with Crippen LogP contribution in [0, 0.1) is 5.82 Å². The molecule has 0 saturated carbocycles. The van der Waals surface area contributed by atoms with E-state index in [4.69, 9.17) is 4.74 Å². The fraction of sp³-hybridized carbons (Fsp3) is 0.364. The zero-order chi connectivity index (χ0) is 17.2. The molecule has 130 valence electrons. The average molecular weight is 337 g/mol. The van der Waals surface area contributed by atoms with E-state index < -0.39 is 0 Å². The summed E-state index contributed by atoms with van der Waals surface area (Å²) in [6.45, 7) is 3.44. The van der Waals surface area contributed by atoms with Gasteiger partial charge in [-0.3, -0.25) is 4.90 Å². The smallest absolute Gasteiger partial charge is 0.134 e. The molecule has 2 atom stereocenters. The molecular weight excluding hydrogens is 313 g/mol. The molecule has 2 bridgehead atoms. The number of hydrogen-bond donors (Lipinski definition) is 0. The summed E-state index contributed by atoms with van der Waals surface area (Å²) in [4.78, 5) is 2.57. The molecule has 0 N–H and O–H groups in total. The molecule has 0 aromatic heterocycles. The molecule has 3 heteroatoms. The zero-order valence-corrected chi connectivity index (χ0v) is 14.6. The van der Waals surface area contributed by atoms with Crippen molar-refractivity contribution in [3.8, 4) is 5.75 Å². The van der Waals surface area contributed by atoms with Crippen molar-refractivity contribution in [1.82, 2.24) is 4.90 Å². The Morgan fingerprint density at radius 3 is 2.68 bits per heavy atom. The number of fused-ring (bicyclic) bond motifs is 2. The van der Waals surface area contributed by atoms with E-state index in [1.165, 1.54) is 24.5 Å². The Hall–Kier alpha value is -2.13. The van der Waals surface area contributed by atoms with Crippen LogP contribution in [0.1, 0.15) is 37.3 Å². The van der Waals surface area contributed by atoms with E-state index in [1.807, 2.05) is 19.1 Å². The summed E-state index contributed by atoms with van der Waals surface area (Å²) in [5, 5.41) is 0. The van der Waals surface area contributed by atoms with Crippen LogP contribution < -0.4 is 4.74 Å². The second-order valence-electron chi connectivity index (χ2n) is 6.93. The lowest BCUT2D eigenvalue weighted by atomic mass is 9.94. The molecule has 1 fully saturated rings. The number of ether oxygens (including phenoxy) is 1. The Bertz CT molecular complexity index is 771. The topological polar surface area (TPSA) is 12.5 Å². The van der Waals surface area contributed by atoms with Crippen molar-refractivity contribution in [2.75, 3.05) is 6.61 Å². The van der Waals surface area contributed by atoms with Crippen molar-refractivity contribution in [3.05, 3.63) is 71.6 Å². The van der Waals surface area contributed by atoms with Crippen LogP contribution in [0.2, 0.25) is 0 Å². The fourth-order valence-corrected chi connectivity index (χ4v) is 4.17. The van der Waals surface area contributed by atoms with E-state index in [0.717, 1.165) is 24.1 Å². The highest BCUT2D eigenvalue weighted by atomic mass is 19.1. The van der Waals surface area contributed by atoms with Gasteiger partial charge in [-0.1, -0.05) is 36.4 Å². The molecule has 2 aliphatic heterocycles. The van der Waals surface area contributed by atoms with Crippen molar-refractivity contribution < 1.29 is 9.13 Å². The molecule has 1 saturated heterocycles. The lowest BCUT2D eigenvalue weighted by molar-refractivity contribution is 0.203. The number of rotatable bonds is 5. The highest BCUT2D eigenvalue weighted by molar-refractivity contribution is 5.69. The van der Waals surface area contributed by atoms with Crippen LogP contribution >= 0.6 is 0 Å². The van der Waals surface area contributed by atoms with Gasteiger partial charge in [-0.05, 0) is 49.5 Å². The molecule has 0 spiro atoms. The van der Waals surface area contributed by atoms with Gasteiger partial charge in [0.25, 0.3) is 0 Å². The first kappa shape index (κ1) is 16.3. The van der Waals surface area contributed by atoms with Gasteiger partial charge < -0.3 is 4.74 Å². The van der Waals surface area contributed by atoms with Gasteiger partial charge in [-0.25, -0.2) is 4.39 Å². The highest BCUT2D eigenvalue weighted by Gasteiger charge is 2.36. The number of benzene rings is 2. The average Bonchev–Trinajstić information content (AvgIpc) is 2.85. The Labute approximate surface area is 148 Å². The third kappa shape index (κ3) is 3.34. The summed E-state index contributed by atoms with van der Waals surface area (Å²) in [7, 11) is 0. The molecule has 0 amide bonds. The van der Waals surface area contributed by atoms with Crippen molar-refractivity contribution in [3.63, 3.8) is 0 Å². The molecule has 25 heavy (non-hydrogen) atoms. The van der Waals surface area contributed by atoms with Crippen LogP contribution in [0.3, 0.4) is 0 Å². The van der Waals surface area contributed by atoms with E-state index in [1.54, 1.807) is 0 Å². The fourth-order valence-electron chi connectivity index (χ4n) is 4.17. The first-order chi connectivity index (χ1) is 12.2. The maximum absolute atomic E-state index is 14.5. The molecule has 2 unspecified atom stereocenters. The summed E-state index contributed by atoms with van der Waals surface area (Å²) in [6, 6.07) is 16.8. The van der Waals surface area contributed by atoms with Crippen molar-refractivity contribution in [2.24, 2.45) is 0 Å². The number of halogens is 1. The van der Waals surface area contributed by atoms with Crippen molar-refractivity contribution >= 4 is 5.57 Å². The Morgan fingerprint density at radius 1 is 1.12 bits per heavy atom.